The van der Waals surface area contributed by atoms with Crippen LogP contribution in [-0.2, 0) is 24.1 Å². The van der Waals surface area contributed by atoms with Crippen molar-refractivity contribution in [3.05, 3.63) is 23.6 Å². The Labute approximate surface area is 104 Å². The normalized spacial score (nSPS) is 30.9. The fourth-order valence-corrected chi connectivity index (χ4v) is 1.84. The summed E-state index contributed by atoms with van der Waals surface area (Å²) in [7, 11) is 0. The van der Waals surface area contributed by atoms with Gasteiger partial charge >= 0.3 is 5.97 Å². The number of carbonyl (C=O) groups is 1. The molecule has 2 rings (SSSR count). The average Bonchev–Trinajstić information content (AvgIpc) is 2.49. The summed E-state index contributed by atoms with van der Waals surface area (Å²) in [5, 5.41) is 10.7. The Balaban J connectivity index is 2.37. The van der Waals surface area contributed by atoms with Crippen molar-refractivity contribution in [1.82, 2.24) is 5.48 Å². The molecular formula is C11H15NO6. The molecule has 2 atom stereocenters. The number of esters is 1. The van der Waals surface area contributed by atoms with Gasteiger partial charge in [0.2, 0.25) is 0 Å². The summed E-state index contributed by atoms with van der Waals surface area (Å²) in [5.41, 5.74) is 1.48. The summed E-state index contributed by atoms with van der Waals surface area (Å²) in [6, 6.07) is 0. The van der Waals surface area contributed by atoms with Gasteiger partial charge in [0, 0.05) is 18.7 Å². The number of rotatable bonds is 2. The first-order valence-electron chi connectivity index (χ1n) is 5.58. The van der Waals surface area contributed by atoms with Crippen LogP contribution in [0.25, 0.3) is 0 Å². The highest BCUT2D eigenvalue weighted by atomic mass is 17.2. The SMILES string of the molecule is CC[C@]1(O)C2=C(COO[C@H]1OC(C)=O)ONC=C2. The van der Waals surface area contributed by atoms with Crippen LogP contribution in [0.2, 0.25) is 0 Å². The first kappa shape index (κ1) is 12.9. The summed E-state index contributed by atoms with van der Waals surface area (Å²) in [6.45, 7) is 2.98. The van der Waals surface area contributed by atoms with Crippen molar-refractivity contribution in [2.45, 2.75) is 32.2 Å². The number of hydrogen-bond donors (Lipinski definition) is 2. The van der Waals surface area contributed by atoms with Crippen molar-refractivity contribution in [3.8, 4) is 0 Å². The lowest BCUT2D eigenvalue weighted by Gasteiger charge is -2.33. The van der Waals surface area contributed by atoms with E-state index in [9.17, 15) is 9.90 Å². The van der Waals surface area contributed by atoms with Gasteiger partial charge in [0.15, 0.2) is 11.4 Å². The number of ether oxygens (including phenoxy) is 1. The van der Waals surface area contributed by atoms with E-state index in [1.165, 1.54) is 13.1 Å². The predicted octanol–water partition coefficient (Wildman–Crippen LogP) is 0.281. The Hall–Kier alpha value is -1.57. The van der Waals surface area contributed by atoms with Crippen LogP contribution < -0.4 is 5.48 Å². The van der Waals surface area contributed by atoms with Gasteiger partial charge in [-0.1, -0.05) is 6.92 Å². The molecule has 0 aliphatic carbocycles. The van der Waals surface area contributed by atoms with Gasteiger partial charge < -0.3 is 14.7 Å². The standard InChI is InChI=1S/C11H15NO6/c1-3-11(14)8-4-5-12-17-9(8)6-15-18-10(11)16-7(2)13/h4-5,10,12,14H,3,6H2,1-2H3/t10-,11+/m1/s1. The van der Waals surface area contributed by atoms with Gasteiger partial charge in [0.25, 0.3) is 6.29 Å². The quantitative estimate of drug-likeness (QED) is 0.542. The van der Waals surface area contributed by atoms with E-state index in [1.54, 1.807) is 13.0 Å². The molecule has 0 saturated heterocycles. The second kappa shape index (κ2) is 4.97. The summed E-state index contributed by atoms with van der Waals surface area (Å²) < 4.78 is 4.95. The van der Waals surface area contributed by atoms with Crippen molar-refractivity contribution < 1.29 is 29.3 Å². The van der Waals surface area contributed by atoms with Gasteiger partial charge in [-0.05, 0) is 12.5 Å². The second-order valence-corrected chi connectivity index (χ2v) is 3.97. The number of aliphatic hydroxyl groups is 1. The highest BCUT2D eigenvalue weighted by molar-refractivity contribution is 5.66. The van der Waals surface area contributed by atoms with Crippen LogP contribution in [0.3, 0.4) is 0 Å². The molecule has 0 unspecified atom stereocenters. The zero-order valence-corrected chi connectivity index (χ0v) is 10.1. The molecule has 0 aromatic carbocycles. The monoisotopic (exact) mass is 257 g/mol. The Morgan fingerprint density at radius 1 is 1.72 bits per heavy atom. The molecule has 0 spiro atoms. The van der Waals surface area contributed by atoms with Gasteiger partial charge in [-0.25, -0.2) is 10.4 Å². The molecule has 0 bridgehead atoms. The van der Waals surface area contributed by atoms with Crippen LogP contribution in [0.15, 0.2) is 23.6 Å². The van der Waals surface area contributed by atoms with E-state index in [2.05, 4.69) is 5.48 Å². The molecule has 7 heteroatoms. The molecule has 18 heavy (non-hydrogen) atoms. The maximum atomic E-state index is 11.0. The Bertz CT molecular complexity index is 404. The minimum Gasteiger partial charge on any atom is -0.429 e. The van der Waals surface area contributed by atoms with Crippen molar-refractivity contribution in [1.29, 1.82) is 0 Å². The van der Waals surface area contributed by atoms with Crippen molar-refractivity contribution in [2.75, 3.05) is 6.61 Å². The zero-order chi connectivity index (χ0) is 13.2. The molecule has 7 nitrogen and oxygen atoms in total. The maximum absolute atomic E-state index is 11.0. The topological polar surface area (TPSA) is 86.3 Å². The summed E-state index contributed by atoms with van der Waals surface area (Å²) in [4.78, 5) is 26.0. The molecular weight excluding hydrogens is 242 g/mol. The second-order valence-electron chi connectivity index (χ2n) is 3.97. The van der Waals surface area contributed by atoms with Crippen LogP contribution in [-0.4, -0.2) is 29.6 Å². The average molecular weight is 257 g/mol. The van der Waals surface area contributed by atoms with E-state index in [1.807, 2.05) is 0 Å². The molecule has 0 radical (unpaired) electrons. The largest absolute Gasteiger partial charge is 0.429 e. The van der Waals surface area contributed by atoms with Gasteiger partial charge in [-0.3, -0.25) is 4.79 Å². The third-order valence-electron chi connectivity index (χ3n) is 2.81. The van der Waals surface area contributed by atoms with Crippen molar-refractivity contribution in [3.63, 3.8) is 0 Å². The Morgan fingerprint density at radius 2 is 2.50 bits per heavy atom. The van der Waals surface area contributed by atoms with Gasteiger partial charge in [0.05, 0.1) is 0 Å². The van der Waals surface area contributed by atoms with Crippen LogP contribution in [0.4, 0.5) is 0 Å². The fraction of sp³-hybridized carbons (Fsp3) is 0.545. The van der Waals surface area contributed by atoms with Crippen LogP contribution in [0.1, 0.15) is 20.3 Å². The zero-order valence-electron chi connectivity index (χ0n) is 10.1. The van der Waals surface area contributed by atoms with E-state index in [0.717, 1.165) is 0 Å². The highest BCUT2D eigenvalue weighted by Gasteiger charge is 2.46. The van der Waals surface area contributed by atoms with E-state index in [0.29, 0.717) is 11.3 Å². The highest BCUT2D eigenvalue weighted by Crippen LogP contribution is 2.35. The Morgan fingerprint density at radius 3 is 3.17 bits per heavy atom. The minimum absolute atomic E-state index is 0.00669. The van der Waals surface area contributed by atoms with E-state index in [4.69, 9.17) is 19.3 Å². The van der Waals surface area contributed by atoms with Crippen molar-refractivity contribution in [2.24, 2.45) is 0 Å². The molecule has 100 valence electrons. The van der Waals surface area contributed by atoms with Crippen LogP contribution in [0.5, 0.6) is 0 Å². The van der Waals surface area contributed by atoms with Gasteiger partial charge in [0.1, 0.15) is 6.61 Å². The number of hydroxylamine groups is 1. The number of carbonyl (C=O) groups excluding carboxylic acids is 1. The van der Waals surface area contributed by atoms with Crippen LogP contribution >= 0.6 is 0 Å². The van der Waals surface area contributed by atoms with E-state index in [-0.39, 0.29) is 13.0 Å². The van der Waals surface area contributed by atoms with Gasteiger partial charge in [-0.2, -0.15) is 4.89 Å². The van der Waals surface area contributed by atoms with E-state index < -0.39 is 17.9 Å². The number of hydrogen-bond acceptors (Lipinski definition) is 7. The maximum Gasteiger partial charge on any atom is 0.305 e. The third kappa shape index (κ3) is 2.20. The predicted molar refractivity (Wildman–Crippen MR) is 58.2 cm³/mol. The molecule has 0 fully saturated rings. The molecule has 0 saturated carbocycles. The third-order valence-corrected chi connectivity index (χ3v) is 2.81. The Kier molecular flexibility index (Phi) is 3.55. The fourth-order valence-electron chi connectivity index (χ4n) is 1.84. The lowest BCUT2D eigenvalue weighted by atomic mass is 9.88. The molecule has 0 aromatic heterocycles. The lowest BCUT2D eigenvalue weighted by molar-refractivity contribution is -0.390. The van der Waals surface area contributed by atoms with Gasteiger partial charge in [-0.15, -0.1) is 0 Å². The first-order valence-corrected chi connectivity index (χ1v) is 5.58. The molecule has 2 N–H and O–H groups in total. The van der Waals surface area contributed by atoms with Crippen molar-refractivity contribution >= 4 is 5.97 Å². The van der Waals surface area contributed by atoms with Crippen LogP contribution in [0, 0.1) is 0 Å². The summed E-state index contributed by atoms with van der Waals surface area (Å²) in [6.07, 6.45) is 2.19. The molecule has 2 heterocycles. The molecule has 2 aliphatic heterocycles. The smallest absolute Gasteiger partial charge is 0.305 e. The summed E-state index contributed by atoms with van der Waals surface area (Å²) in [5.74, 6) is -0.185. The lowest BCUT2D eigenvalue weighted by Crippen LogP contribution is -2.47. The van der Waals surface area contributed by atoms with E-state index >= 15 is 0 Å². The molecule has 0 aromatic rings. The summed E-state index contributed by atoms with van der Waals surface area (Å²) >= 11 is 0. The minimum atomic E-state index is -1.52. The number of nitrogens with one attached hydrogen (secondary N) is 1. The molecule has 2 aliphatic rings. The molecule has 0 amide bonds. The first-order chi connectivity index (χ1) is 8.58.